The molecule has 23 heavy (non-hydrogen) atoms. The molecule has 0 fully saturated rings. The van der Waals surface area contributed by atoms with E-state index in [-0.39, 0.29) is 5.97 Å². The molecule has 0 atom stereocenters. The number of esters is 1. The van der Waals surface area contributed by atoms with Crippen LogP contribution in [0.2, 0.25) is 0 Å². The van der Waals surface area contributed by atoms with Gasteiger partial charge in [0.1, 0.15) is 10.3 Å². The Balaban J connectivity index is 2.06. The lowest BCUT2D eigenvalue weighted by molar-refractivity contribution is -0.660. The first-order valence-electron chi connectivity index (χ1n) is 7.63. The number of carbonyl (C=O) groups excluding carboxylic acids is 1. The highest BCUT2D eigenvalue weighted by Gasteiger charge is 2.30. The fourth-order valence-electron chi connectivity index (χ4n) is 2.43. The average Bonchev–Trinajstić information content (AvgIpc) is 2.86. The largest absolute Gasteiger partial charge is 0.451 e. The van der Waals surface area contributed by atoms with Crippen molar-refractivity contribution < 1.29 is 14.1 Å². The molecule has 0 spiro atoms. The molecule has 2 aromatic carbocycles. The van der Waals surface area contributed by atoms with E-state index in [1.807, 2.05) is 67.8 Å². The first-order chi connectivity index (χ1) is 10.9. The van der Waals surface area contributed by atoms with E-state index in [1.54, 1.807) is 0 Å². The summed E-state index contributed by atoms with van der Waals surface area (Å²) in [4.78, 5) is 12.6. The summed E-state index contributed by atoms with van der Waals surface area (Å²) in [5.74, 6) is -0.269. The van der Waals surface area contributed by atoms with Crippen LogP contribution in [-0.2, 0) is 11.3 Å². The number of benzene rings is 2. The van der Waals surface area contributed by atoms with Crippen LogP contribution in [0.4, 0.5) is 0 Å². The zero-order valence-corrected chi connectivity index (χ0v) is 14.4. The second-order valence-corrected chi connectivity index (χ2v) is 7.48. The Morgan fingerprint density at radius 2 is 1.70 bits per heavy atom. The van der Waals surface area contributed by atoms with Crippen LogP contribution in [0.3, 0.4) is 0 Å². The van der Waals surface area contributed by atoms with Gasteiger partial charge in [-0.2, -0.15) is 4.57 Å². The summed E-state index contributed by atoms with van der Waals surface area (Å²) in [5.41, 5.74) is 1.71. The number of hydrogen-bond donors (Lipinski definition) is 0. The number of aromatic nitrogens is 1. The Bertz CT molecular complexity index is 831. The maximum atomic E-state index is 12.6. The molecule has 0 unspecified atom stereocenters. The molecule has 3 aromatic rings. The molecule has 0 saturated heterocycles. The summed E-state index contributed by atoms with van der Waals surface area (Å²) in [6.45, 7) is 6.32. The van der Waals surface area contributed by atoms with Gasteiger partial charge in [-0.1, -0.05) is 53.8 Å². The van der Waals surface area contributed by atoms with Crippen molar-refractivity contribution in [3.05, 3.63) is 65.2 Å². The van der Waals surface area contributed by atoms with Crippen molar-refractivity contribution in [3.63, 3.8) is 0 Å². The minimum Gasteiger partial charge on any atom is -0.451 e. The summed E-state index contributed by atoms with van der Waals surface area (Å²) in [7, 11) is 0. The van der Waals surface area contributed by atoms with Gasteiger partial charge in [0.2, 0.25) is 5.52 Å². The van der Waals surface area contributed by atoms with Gasteiger partial charge in [0.25, 0.3) is 0 Å². The fraction of sp³-hybridized carbons (Fsp3) is 0.263. The van der Waals surface area contributed by atoms with Gasteiger partial charge in [0.05, 0.1) is 0 Å². The van der Waals surface area contributed by atoms with Gasteiger partial charge in [0, 0.05) is 11.6 Å². The first kappa shape index (κ1) is 15.7. The fourth-order valence-corrected chi connectivity index (χ4v) is 3.47. The minimum atomic E-state index is -0.502. The third kappa shape index (κ3) is 3.59. The Hall–Kier alpha value is -2.20. The molecule has 0 aliphatic carbocycles. The Labute approximate surface area is 140 Å². The van der Waals surface area contributed by atoms with Gasteiger partial charge >= 0.3 is 11.0 Å². The van der Waals surface area contributed by atoms with Gasteiger partial charge in [-0.25, -0.2) is 4.79 Å². The van der Waals surface area contributed by atoms with Crippen molar-refractivity contribution in [3.8, 4) is 0 Å². The van der Waals surface area contributed by atoms with Crippen LogP contribution < -0.4 is 4.57 Å². The molecule has 0 aliphatic heterocycles. The summed E-state index contributed by atoms with van der Waals surface area (Å²) in [6.07, 6.45) is 0. The molecule has 0 N–H and O–H groups in total. The second-order valence-electron chi connectivity index (χ2n) is 6.45. The van der Waals surface area contributed by atoms with Crippen LogP contribution in [0.25, 0.3) is 10.2 Å². The number of ether oxygens (including phenoxy) is 1. The lowest BCUT2D eigenvalue weighted by Crippen LogP contribution is -2.40. The van der Waals surface area contributed by atoms with E-state index >= 15 is 0 Å². The zero-order valence-electron chi connectivity index (χ0n) is 13.6. The molecule has 0 bridgehead atoms. The molecule has 1 heterocycles. The van der Waals surface area contributed by atoms with E-state index < -0.39 is 5.60 Å². The Kier molecular flexibility index (Phi) is 4.18. The van der Waals surface area contributed by atoms with Crippen LogP contribution in [-0.4, -0.2) is 11.6 Å². The molecule has 0 saturated carbocycles. The van der Waals surface area contributed by atoms with Gasteiger partial charge in [-0.05, 0) is 26.8 Å². The Morgan fingerprint density at radius 1 is 1.04 bits per heavy atom. The third-order valence-electron chi connectivity index (χ3n) is 3.36. The molecule has 0 amide bonds. The van der Waals surface area contributed by atoms with E-state index in [4.69, 9.17) is 4.74 Å². The number of rotatable bonds is 3. The highest BCUT2D eigenvalue weighted by Crippen LogP contribution is 2.23. The van der Waals surface area contributed by atoms with Gasteiger partial charge in [-0.15, -0.1) is 0 Å². The highest BCUT2D eigenvalue weighted by molar-refractivity contribution is 7.19. The summed E-state index contributed by atoms with van der Waals surface area (Å²) >= 11 is 1.48. The number of nitrogens with zero attached hydrogens (tertiary/aromatic N) is 1. The number of hydrogen-bond acceptors (Lipinski definition) is 3. The molecule has 0 radical (unpaired) electrons. The number of thiazole rings is 1. The van der Waals surface area contributed by atoms with Crippen molar-refractivity contribution in [2.75, 3.05) is 0 Å². The SMILES string of the molecule is CC(C)(C)OC(=O)c1sc2ccccc2[n+]1Cc1ccccc1. The molecular weight excluding hydrogens is 306 g/mol. The lowest BCUT2D eigenvalue weighted by atomic mass is 10.2. The van der Waals surface area contributed by atoms with Crippen LogP contribution in [0.1, 0.15) is 36.1 Å². The van der Waals surface area contributed by atoms with E-state index in [1.165, 1.54) is 11.3 Å². The van der Waals surface area contributed by atoms with Crippen molar-refractivity contribution in [2.24, 2.45) is 0 Å². The van der Waals surface area contributed by atoms with Crippen LogP contribution in [0.5, 0.6) is 0 Å². The summed E-state index contributed by atoms with van der Waals surface area (Å²) in [5, 5.41) is 0.630. The van der Waals surface area contributed by atoms with Gasteiger partial charge < -0.3 is 4.74 Å². The minimum absolute atomic E-state index is 0.269. The number of carbonyl (C=O) groups is 1. The monoisotopic (exact) mass is 326 g/mol. The predicted octanol–water partition coefficient (Wildman–Crippen LogP) is 4.19. The normalized spacial score (nSPS) is 11.6. The summed E-state index contributed by atoms with van der Waals surface area (Å²) in [6, 6.07) is 18.2. The van der Waals surface area contributed by atoms with Crippen molar-refractivity contribution >= 4 is 27.5 Å². The van der Waals surface area contributed by atoms with Gasteiger partial charge in [0.15, 0.2) is 6.54 Å². The maximum absolute atomic E-state index is 12.6. The smallest absolute Gasteiger partial charge is 0.415 e. The number of para-hydroxylation sites is 1. The van der Waals surface area contributed by atoms with Crippen molar-refractivity contribution in [2.45, 2.75) is 32.9 Å². The topological polar surface area (TPSA) is 30.2 Å². The first-order valence-corrected chi connectivity index (χ1v) is 8.44. The van der Waals surface area contributed by atoms with Crippen LogP contribution in [0, 0.1) is 0 Å². The predicted molar refractivity (Wildman–Crippen MR) is 92.7 cm³/mol. The third-order valence-corrected chi connectivity index (χ3v) is 4.51. The maximum Gasteiger partial charge on any atom is 0.415 e. The van der Waals surface area contributed by atoms with E-state index in [0.717, 1.165) is 15.8 Å². The molecule has 1 aromatic heterocycles. The van der Waals surface area contributed by atoms with Crippen molar-refractivity contribution in [1.29, 1.82) is 0 Å². The molecule has 3 rings (SSSR count). The standard InChI is InChI=1S/C19H20NO2S/c1-19(2,3)22-18(21)17-20(13-14-9-5-4-6-10-14)15-11-7-8-12-16(15)23-17/h4-12H,13H2,1-3H3/q+1. The van der Waals surface area contributed by atoms with Gasteiger partial charge in [-0.3, -0.25) is 0 Å². The lowest BCUT2D eigenvalue weighted by Gasteiger charge is -2.17. The number of fused-ring (bicyclic) bond motifs is 1. The average molecular weight is 326 g/mol. The molecular formula is C19H20NO2S+. The van der Waals surface area contributed by atoms with Crippen LogP contribution in [0.15, 0.2) is 54.6 Å². The summed E-state index contributed by atoms with van der Waals surface area (Å²) < 4.78 is 8.71. The van der Waals surface area contributed by atoms with Crippen molar-refractivity contribution in [1.82, 2.24) is 0 Å². The second kappa shape index (κ2) is 6.13. The van der Waals surface area contributed by atoms with E-state index in [9.17, 15) is 4.79 Å². The van der Waals surface area contributed by atoms with E-state index in [2.05, 4.69) is 12.1 Å². The molecule has 3 nitrogen and oxygen atoms in total. The zero-order chi connectivity index (χ0) is 16.4. The molecule has 4 heteroatoms. The molecule has 118 valence electrons. The van der Waals surface area contributed by atoms with E-state index in [0.29, 0.717) is 11.6 Å². The van der Waals surface area contributed by atoms with Crippen LogP contribution >= 0.6 is 11.3 Å². The molecule has 0 aliphatic rings. The quantitative estimate of drug-likeness (QED) is 0.533. The highest BCUT2D eigenvalue weighted by atomic mass is 32.1. The Morgan fingerprint density at radius 3 is 2.39 bits per heavy atom.